The number of nitrogens with zero attached hydrogens (tertiary/aromatic N) is 5. The van der Waals surface area contributed by atoms with E-state index >= 15 is 0 Å². The lowest BCUT2D eigenvalue weighted by atomic mass is 9.77. The van der Waals surface area contributed by atoms with E-state index in [2.05, 4.69) is 32.0 Å². The summed E-state index contributed by atoms with van der Waals surface area (Å²) in [5.41, 5.74) is 2.39. The zero-order valence-electron chi connectivity index (χ0n) is 26.0. The van der Waals surface area contributed by atoms with Crippen molar-refractivity contribution in [1.29, 1.82) is 0 Å². The van der Waals surface area contributed by atoms with Gasteiger partial charge in [0, 0.05) is 43.9 Å². The number of rotatable bonds is 7. The van der Waals surface area contributed by atoms with Crippen LogP contribution in [0.15, 0.2) is 53.5 Å². The van der Waals surface area contributed by atoms with Crippen LogP contribution in [0.25, 0.3) is 21.9 Å². The van der Waals surface area contributed by atoms with Crippen molar-refractivity contribution < 1.29 is 14.3 Å². The average Bonchev–Trinajstić information content (AvgIpc) is 3.67. The number of aldehydes is 1. The van der Waals surface area contributed by atoms with Crippen LogP contribution < -0.4 is 5.69 Å². The quantitative estimate of drug-likeness (QED) is 0.294. The number of imidazole rings is 1. The zero-order valence-corrected chi connectivity index (χ0v) is 26.0. The van der Waals surface area contributed by atoms with Gasteiger partial charge in [0.1, 0.15) is 18.6 Å². The molecule has 11 nitrogen and oxygen atoms in total. The number of hydrogen-bond acceptors (Lipinski definition) is 7. The predicted molar refractivity (Wildman–Crippen MR) is 172 cm³/mol. The predicted octanol–water partition coefficient (Wildman–Crippen LogP) is 4.52. The topological polar surface area (TPSA) is 120 Å². The van der Waals surface area contributed by atoms with Crippen LogP contribution in [-0.4, -0.2) is 92.3 Å². The molecule has 2 atom stereocenters. The number of likely N-dealkylation sites (tertiary alicyclic amines) is 3. The van der Waals surface area contributed by atoms with Crippen molar-refractivity contribution in [3.05, 3.63) is 64.7 Å². The van der Waals surface area contributed by atoms with Gasteiger partial charge in [-0.05, 0) is 93.9 Å². The lowest BCUT2D eigenvalue weighted by Crippen LogP contribution is -2.67. The molecule has 0 radical (unpaired) electrons. The van der Waals surface area contributed by atoms with Crippen molar-refractivity contribution in [2.45, 2.75) is 63.3 Å². The van der Waals surface area contributed by atoms with E-state index in [1.54, 1.807) is 11.1 Å². The Morgan fingerprint density at radius 2 is 1.76 bits per heavy atom. The SMILES string of the molecule is CN1CCC(C2CCN([C@]3(CC=O)C[C@H](n4c(=O)[nH]c5ccccc54)CCN3C(=O)OCc3ccc4[nH]ncc4c3)CC2)CC1. The molecule has 238 valence electrons. The first kappa shape index (κ1) is 29.7. The number of ether oxygens (including phenoxy) is 1. The molecule has 2 aromatic heterocycles. The summed E-state index contributed by atoms with van der Waals surface area (Å²) in [6.45, 7) is 4.42. The van der Waals surface area contributed by atoms with Gasteiger partial charge >= 0.3 is 11.8 Å². The molecular weight excluding hydrogens is 570 g/mol. The summed E-state index contributed by atoms with van der Waals surface area (Å²) in [5.74, 6) is 1.38. The number of hydrogen-bond donors (Lipinski definition) is 2. The van der Waals surface area contributed by atoms with Crippen molar-refractivity contribution >= 4 is 34.3 Å². The molecule has 3 saturated heterocycles. The summed E-state index contributed by atoms with van der Waals surface area (Å²) in [6, 6.07) is 13.4. The van der Waals surface area contributed by atoms with E-state index in [0.717, 1.165) is 78.7 Å². The van der Waals surface area contributed by atoms with Gasteiger partial charge in [-0.2, -0.15) is 5.10 Å². The van der Waals surface area contributed by atoms with Crippen molar-refractivity contribution in [3.63, 3.8) is 0 Å². The fourth-order valence-electron chi connectivity index (χ4n) is 8.34. The smallest absolute Gasteiger partial charge is 0.411 e. The van der Waals surface area contributed by atoms with E-state index in [0.29, 0.717) is 25.3 Å². The first-order chi connectivity index (χ1) is 21.9. The molecule has 2 N–H and O–H groups in total. The van der Waals surface area contributed by atoms with Gasteiger partial charge in [0.05, 0.1) is 22.7 Å². The highest BCUT2D eigenvalue weighted by atomic mass is 16.6. The maximum atomic E-state index is 14.0. The van der Waals surface area contributed by atoms with E-state index in [9.17, 15) is 14.4 Å². The summed E-state index contributed by atoms with van der Waals surface area (Å²) in [6.07, 6.45) is 8.04. The van der Waals surface area contributed by atoms with Gasteiger partial charge in [0.2, 0.25) is 0 Å². The second-order valence-corrected chi connectivity index (χ2v) is 13.3. The van der Waals surface area contributed by atoms with Crippen molar-refractivity contribution in [1.82, 2.24) is 34.4 Å². The highest BCUT2D eigenvalue weighted by Gasteiger charge is 2.51. The van der Waals surface area contributed by atoms with Crippen LogP contribution in [0.2, 0.25) is 0 Å². The molecule has 4 aromatic rings. The molecule has 3 fully saturated rings. The molecule has 3 aliphatic rings. The Hall–Kier alpha value is -3.96. The number of nitrogens with one attached hydrogen (secondary N) is 2. The number of fused-ring (bicyclic) bond motifs is 2. The maximum absolute atomic E-state index is 14.0. The number of para-hydroxylation sites is 2. The fraction of sp³-hybridized carbons (Fsp3) is 0.529. The number of H-pyrrole nitrogens is 2. The van der Waals surface area contributed by atoms with Crippen LogP contribution in [0.3, 0.4) is 0 Å². The van der Waals surface area contributed by atoms with Gasteiger partial charge < -0.3 is 19.4 Å². The molecule has 0 spiro atoms. The highest BCUT2D eigenvalue weighted by molar-refractivity contribution is 5.78. The van der Waals surface area contributed by atoms with Crippen LogP contribution >= 0.6 is 0 Å². The number of benzene rings is 2. The highest BCUT2D eigenvalue weighted by Crippen LogP contribution is 2.43. The molecule has 45 heavy (non-hydrogen) atoms. The molecule has 0 bridgehead atoms. The van der Waals surface area contributed by atoms with Crippen molar-refractivity contribution in [2.24, 2.45) is 11.8 Å². The maximum Gasteiger partial charge on any atom is 0.411 e. The molecule has 2 aromatic carbocycles. The minimum atomic E-state index is -0.883. The van der Waals surface area contributed by atoms with E-state index < -0.39 is 11.8 Å². The first-order valence-electron chi connectivity index (χ1n) is 16.4. The Morgan fingerprint density at radius 3 is 2.53 bits per heavy atom. The number of carbonyl (C=O) groups is 2. The van der Waals surface area contributed by atoms with Crippen LogP contribution in [0.4, 0.5) is 4.79 Å². The lowest BCUT2D eigenvalue weighted by molar-refractivity contribution is -0.127. The van der Waals surface area contributed by atoms with Gasteiger partial charge in [0.15, 0.2) is 0 Å². The first-order valence-corrected chi connectivity index (χ1v) is 16.4. The zero-order chi connectivity index (χ0) is 31.0. The Labute approximate surface area is 262 Å². The average molecular weight is 614 g/mol. The monoisotopic (exact) mass is 613 g/mol. The fourth-order valence-corrected chi connectivity index (χ4v) is 8.34. The van der Waals surface area contributed by atoms with Gasteiger partial charge in [0.25, 0.3) is 0 Å². The summed E-state index contributed by atoms with van der Waals surface area (Å²) < 4.78 is 7.80. The molecule has 5 heterocycles. The van der Waals surface area contributed by atoms with E-state index in [1.165, 1.54) is 12.8 Å². The van der Waals surface area contributed by atoms with Gasteiger partial charge in [-0.25, -0.2) is 9.59 Å². The Kier molecular flexibility index (Phi) is 8.22. The Bertz CT molecular complexity index is 1710. The van der Waals surface area contributed by atoms with Gasteiger partial charge in [-0.1, -0.05) is 18.2 Å². The lowest BCUT2D eigenvalue weighted by Gasteiger charge is -2.56. The third-order valence-corrected chi connectivity index (χ3v) is 10.8. The summed E-state index contributed by atoms with van der Waals surface area (Å²) >= 11 is 0. The minimum absolute atomic E-state index is 0.122. The molecular formula is C34H43N7O4. The summed E-state index contributed by atoms with van der Waals surface area (Å²) in [5, 5.41) is 7.99. The standard InChI is InChI=1S/C34H43N7O4/c1-38-14-8-25(9-15-38)26-10-16-39(17-11-26)34(13-19-42)21-28(41-31-5-3-2-4-30(31)36-32(41)43)12-18-40(34)33(44)45-23-24-6-7-29-27(20-24)22-35-37-29/h2-7,19-20,22,25-26,28H,8-18,21,23H2,1H3,(H,35,37)(H,36,43)/t28-,34+/m1/s1. The van der Waals surface area contributed by atoms with Crippen LogP contribution in [0, 0.1) is 11.8 Å². The number of amides is 1. The number of aromatic amines is 2. The Balaban J connectivity index is 1.16. The van der Waals surface area contributed by atoms with E-state index in [4.69, 9.17) is 4.74 Å². The van der Waals surface area contributed by atoms with Gasteiger partial charge in [-0.15, -0.1) is 0 Å². The van der Waals surface area contributed by atoms with E-state index in [1.807, 2.05) is 47.0 Å². The van der Waals surface area contributed by atoms with Crippen molar-refractivity contribution in [3.8, 4) is 0 Å². The molecule has 1 amide bonds. The third kappa shape index (κ3) is 5.68. The third-order valence-electron chi connectivity index (χ3n) is 10.8. The number of piperidine rings is 3. The summed E-state index contributed by atoms with van der Waals surface area (Å²) in [7, 11) is 2.20. The van der Waals surface area contributed by atoms with Crippen LogP contribution in [0.1, 0.15) is 56.6 Å². The second kappa shape index (κ2) is 12.4. The minimum Gasteiger partial charge on any atom is -0.445 e. The molecule has 0 saturated carbocycles. The molecule has 3 aliphatic heterocycles. The number of aromatic nitrogens is 4. The second-order valence-electron chi connectivity index (χ2n) is 13.3. The summed E-state index contributed by atoms with van der Waals surface area (Å²) in [4.78, 5) is 49.3. The van der Waals surface area contributed by atoms with Crippen molar-refractivity contribution in [2.75, 3.05) is 39.8 Å². The Morgan fingerprint density at radius 1 is 1.00 bits per heavy atom. The normalized spacial score (nSPS) is 24.4. The number of carbonyl (C=O) groups excluding carboxylic acids is 2. The van der Waals surface area contributed by atoms with Gasteiger partial charge in [-0.3, -0.25) is 19.5 Å². The van der Waals surface area contributed by atoms with Crippen LogP contribution in [-0.2, 0) is 16.1 Å². The largest absolute Gasteiger partial charge is 0.445 e. The molecule has 0 aliphatic carbocycles. The molecule has 11 heteroatoms. The van der Waals surface area contributed by atoms with E-state index in [-0.39, 0.29) is 24.8 Å². The van der Waals surface area contributed by atoms with Crippen LogP contribution in [0.5, 0.6) is 0 Å². The molecule has 7 rings (SSSR count). The molecule has 0 unspecified atom stereocenters.